The van der Waals surface area contributed by atoms with Crippen molar-refractivity contribution in [3.8, 4) is 0 Å². The minimum absolute atomic E-state index is 0. The average molecular weight is 217 g/mol. The van der Waals surface area contributed by atoms with Crippen LogP contribution in [0.5, 0.6) is 0 Å². The molecule has 5 N–H and O–H groups in total. The van der Waals surface area contributed by atoms with Crippen molar-refractivity contribution in [3.05, 3.63) is 0 Å². The second kappa shape index (κ2) is 5.06. The Labute approximate surface area is 80.8 Å². The lowest BCUT2D eigenvalue weighted by molar-refractivity contribution is -0.286. The highest BCUT2D eigenvalue weighted by Gasteiger charge is 2.42. The predicted octanol–water partition coefficient (Wildman–Crippen LogP) is -2.80. The van der Waals surface area contributed by atoms with Gasteiger partial charge in [0.05, 0.1) is 6.61 Å². The molecule has 0 saturated carbocycles. The van der Waals surface area contributed by atoms with Crippen molar-refractivity contribution in [3.63, 3.8) is 0 Å². The van der Waals surface area contributed by atoms with Gasteiger partial charge >= 0.3 is 0 Å². The fourth-order valence-corrected chi connectivity index (χ4v) is 1.08. The van der Waals surface area contributed by atoms with Gasteiger partial charge in [0.15, 0.2) is 6.29 Å². The molecule has 0 bridgehead atoms. The highest BCUT2D eigenvalue weighted by molar-refractivity contribution is 5.85. The van der Waals surface area contributed by atoms with Gasteiger partial charge in [-0.2, -0.15) is 0 Å². The van der Waals surface area contributed by atoms with Gasteiger partial charge in [0, 0.05) is 0 Å². The maximum atomic E-state index is 9.12. The topological polar surface area (TPSA) is 110 Å². The van der Waals surface area contributed by atoms with E-state index in [0.717, 1.165) is 0 Å². The first-order chi connectivity index (χ1) is 5.57. The summed E-state index contributed by atoms with van der Waals surface area (Å²) in [6, 6.07) is 0. The molecule has 13 heavy (non-hydrogen) atoms. The summed E-state index contributed by atoms with van der Waals surface area (Å²) in [6.45, 7) is -0.526. The molecule has 1 aliphatic heterocycles. The normalized spacial score (nSPS) is 45.5. The smallest absolute Gasteiger partial charge is 0.184 e. The summed E-state index contributed by atoms with van der Waals surface area (Å²) >= 11 is 0. The van der Waals surface area contributed by atoms with E-state index in [0.29, 0.717) is 0 Å². The molecule has 0 aliphatic carbocycles. The van der Waals surface area contributed by atoms with Crippen molar-refractivity contribution in [2.24, 2.45) is 0 Å². The van der Waals surface area contributed by atoms with Crippen LogP contribution in [0.1, 0.15) is 0 Å². The molecule has 1 saturated heterocycles. The van der Waals surface area contributed by atoms with E-state index in [2.05, 4.69) is 4.74 Å². The zero-order valence-corrected chi connectivity index (χ0v) is 7.46. The summed E-state index contributed by atoms with van der Waals surface area (Å²) < 4.78 is 4.58. The zero-order chi connectivity index (χ0) is 9.30. The van der Waals surface area contributed by atoms with Gasteiger partial charge in [-0.15, -0.1) is 12.4 Å². The molecule has 80 valence electrons. The Morgan fingerprint density at radius 2 is 1.46 bits per heavy atom. The third-order valence-corrected chi connectivity index (χ3v) is 1.87. The van der Waals surface area contributed by atoms with Crippen LogP contribution in [0.4, 0.5) is 0 Å². The largest absolute Gasteiger partial charge is 0.394 e. The fourth-order valence-electron chi connectivity index (χ4n) is 1.08. The molecule has 0 aromatic heterocycles. The highest BCUT2D eigenvalue weighted by atomic mass is 35.5. The maximum absolute atomic E-state index is 9.12. The van der Waals surface area contributed by atoms with E-state index in [1.807, 2.05) is 0 Å². The number of aliphatic hydroxyl groups is 5. The number of rotatable bonds is 1. The van der Waals surface area contributed by atoms with Gasteiger partial charge in [-0.1, -0.05) is 0 Å². The van der Waals surface area contributed by atoms with Gasteiger partial charge in [-0.3, -0.25) is 0 Å². The van der Waals surface area contributed by atoms with Crippen LogP contribution in [0.25, 0.3) is 0 Å². The van der Waals surface area contributed by atoms with E-state index in [1.54, 1.807) is 0 Å². The van der Waals surface area contributed by atoms with Gasteiger partial charge in [-0.05, 0) is 0 Å². The molecule has 0 radical (unpaired) electrons. The standard InChI is InChI=1S/C6H12O6.ClH/c7-1-2-3(8)4(9)5(10)6(11)12-2;/h2-11H,1H2;1H/t2-,3-,4+,5-,6?;/m1./s1. The molecule has 1 fully saturated rings. The average Bonchev–Trinajstić information content (AvgIpc) is 2.08. The second-order valence-corrected chi connectivity index (χ2v) is 2.72. The summed E-state index contributed by atoms with van der Waals surface area (Å²) in [5, 5.41) is 44.7. The first kappa shape index (κ1) is 13.1. The number of hydrogen-bond acceptors (Lipinski definition) is 6. The molecule has 5 atom stereocenters. The fraction of sp³-hybridized carbons (Fsp3) is 1.00. The molecule has 1 aliphatic rings. The number of hydrogen-bond donors (Lipinski definition) is 5. The summed E-state index contributed by atoms with van der Waals surface area (Å²) in [5.41, 5.74) is 0. The minimum Gasteiger partial charge on any atom is -0.394 e. The van der Waals surface area contributed by atoms with Crippen molar-refractivity contribution in [1.29, 1.82) is 0 Å². The minimum atomic E-state index is -1.57. The first-order valence-electron chi connectivity index (χ1n) is 3.56. The van der Waals surface area contributed by atoms with Crippen LogP contribution in [0.3, 0.4) is 0 Å². The first-order valence-corrected chi connectivity index (χ1v) is 3.56. The molecule has 0 aromatic rings. The van der Waals surface area contributed by atoms with Crippen LogP contribution >= 0.6 is 12.4 Å². The van der Waals surface area contributed by atoms with Crippen molar-refractivity contribution >= 4 is 12.4 Å². The lowest BCUT2D eigenvalue weighted by atomic mass is 10.00. The Morgan fingerprint density at radius 1 is 0.923 bits per heavy atom. The van der Waals surface area contributed by atoms with Gasteiger partial charge < -0.3 is 30.3 Å². The number of halogens is 1. The Morgan fingerprint density at radius 3 is 1.92 bits per heavy atom. The number of ether oxygens (including phenoxy) is 1. The van der Waals surface area contributed by atoms with Crippen LogP contribution in [0.15, 0.2) is 0 Å². The Bertz CT molecular complexity index is 151. The predicted molar refractivity (Wildman–Crippen MR) is 43.2 cm³/mol. The Balaban J connectivity index is 0.00000144. The molecule has 0 aromatic carbocycles. The van der Waals surface area contributed by atoms with Gasteiger partial charge in [0.1, 0.15) is 24.4 Å². The van der Waals surface area contributed by atoms with E-state index in [-0.39, 0.29) is 12.4 Å². The lowest BCUT2D eigenvalue weighted by Gasteiger charge is -2.37. The van der Waals surface area contributed by atoms with Gasteiger partial charge in [0.25, 0.3) is 0 Å². The third kappa shape index (κ3) is 2.50. The van der Waals surface area contributed by atoms with Crippen LogP contribution in [0.2, 0.25) is 0 Å². The van der Waals surface area contributed by atoms with E-state index in [9.17, 15) is 0 Å². The molecule has 0 spiro atoms. The van der Waals surface area contributed by atoms with E-state index < -0.39 is 37.3 Å². The molecule has 7 heteroatoms. The zero-order valence-electron chi connectivity index (χ0n) is 6.65. The van der Waals surface area contributed by atoms with E-state index in [4.69, 9.17) is 25.5 Å². The van der Waals surface area contributed by atoms with E-state index in [1.165, 1.54) is 0 Å². The van der Waals surface area contributed by atoms with Crippen LogP contribution in [-0.4, -0.2) is 62.8 Å². The molecular weight excluding hydrogens is 204 g/mol. The molecule has 1 unspecified atom stereocenters. The molecule has 6 nitrogen and oxygen atoms in total. The summed E-state index contributed by atoms with van der Waals surface area (Å²) in [6.07, 6.45) is -7.04. The molecular formula is C6H13ClO6. The second-order valence-electron chi connectivity index (χ2n) is 2.72. The van der Waals surface area contributed by atoms with Crippen molar-refractivity contribution < 1.29 is 30.3 Å². The summed E-state index contributed by atoms with van der Waals surface area (Å²) in [4.78, 5) is 0. The van der Waals surface area contributed by atoms with Gasteiger partial charge in [-0.25, -0.2) is 0 Å². The third-order valence-electron chi connectivity index (χ3n) is 1.87. The van der Waals surface area contributed by atoms with Crippen molar-refractivity contribution in [2.45, 2.75) is 30.7 Å². The monoisotopic (exact) mass is 216 g/mol. The molecule has 0 amide bonds. The van der Waals surface area contributed by atoms with Crippen molar-refractivity contribution in [1.82, 2.24) is 0 Å². The van der Waals surface area contributed by atoms with Crippen LogP contribution in [0, 0.1) is 0 Å². The molecule has 1 rings (SSSR count). The maximum Gasteiger partial charge on any atom is 0.184 e. The summed E-state index contributed by atoms with van der Waals surface area (Å²) in [5.74, 6) is 0. The van der Waals surface area contributed by atoms with Crippen molar-refractivity contribution in [2.75, 3.05) is 6.61 Å². The molecule has 1 heterocycles. The quantitative estimate of drug-likeness (QED) is 0.324. The van der Waals surface area contributed by atoms with Crippen LogP contribution in [-0.2, 0) is 4.74 Å². The Kier molecular flexibility index (Phi) is 5.08. The van der Waals surface area contributed by atoms with E-state index >= 15 is 0 Å². The van der Waals surface area contributed by atoms with Crippen LogP contribution < -0.4 is 0 Å². The highest BCUT2D eigenvalue weighted by Crippen LogP contribution is 2.18. The Hall–Kier alpha value is 0.0500. The summed E-state index contributed by atoms with van der Waals surface area (Å²) in [7, 11) is 0. The SMILES string of the molecule is Cl.OC[C@H]1OC(O)[C@H](O)[C@@H](O)[C@@H]1O. The number of aliphatic hydroxyl groups excluding tert-OH is 5. The lowest BCUT2D eigenvalue weighted by Crippen LogP contribution is -2.58. The van der Waals surface area contributed by atoms with Gasteiger partial charge in [0.2, 0.25) is 0 Å².